The van der Waals surface area contributed by atoms with E-state index in [9.17, 15) is 0 Å². The molecule has 0 radical (unpaired) electrons. The van der Waals surface area contributed by atoms with E-state index in [1.165, 1.54) is 38.0 Å². The lowest BCUT2D eigenvalue weighted by Crippen LogP contribution is -2.26. The number of rotatable bonds is 7. The van der Waals surface area contributed by atoms with Gasteiger partial charge in [0.15, 0.2) is 0 Å². The van der Waals surface area contributed by atoms with Gasteiger partial charge in [0.1, 0.15) is 5.75 Å². The first-order valence-corrected chi connectivity index (χ1v) is 7.37. The molecule has 3 heteroatoms. The molecule has 106 valence electrons. The van der Waals surface area contributed by atoms with Gasteiger partial charge in [-0.3, -0.25) is 4.90 Å². The zero-order valence-corrected chi connectivity index (χ0v) is 12.2. The molecule has 0 amide bonds. The summed E-state index contributed by atoms with van der Waals surface area (Å²) in [5, 5.41) is 3.53. The number of hydrogen-bond donors (Lipinski definition) is 1. The second kappa shape index (κ2) is 7.51. The van der Waals surface area contributed by atoms with E-state index in [1.54, 1.807) is 7.11 Å². The zero-order chi connectivity index (χ0) is 13.5. The van der Waals surface area contributed by atoms with Crippen molar-refractivity contribution in [1.82, 2.24) is 10.2 Å². The predicted molar refractivity (Wildman–Crippen MR) is 79.5 cm³/mol. The van der Waals surface area contributed by atoms with Gasteiger partial charge in [0.05, 0.1) is 7.11 Å². The number of methoxy groups -OCH3 is 1. The number of ether oxygens (including phenoxy) is 1. The summed E-state index contributed by atoms with van der Waals surface area (Å²) >= 11 is 0. The topological polar surface area (TPSA) is 24.5 Å². The van der Waals surface area contributed by atoms with Gasteiger partial charge in [-0.15, -0.1) is 0 Å². The minimum absolute atomic E-state index is 0.824. The largest absolute Gasteiger partial charge is 0.497 e. The Bertz CT molecular complexity index is 364. The molecule has 2 rings (SSSR count). The van der Waals surface area contributed by atoms with Crippen LogP contribution in [0.25, 0.3) is 0 Å². The van der Waals surface area contributed by atoms with E-state index in [0.717, 1.165) is 24.8 Å². The number of hydrogen-bond acceptors (Lipinski definition) is 3. The maximum absolute atomic E-state index is 5.19. The summed E-state index contributed by atoms with van der Waals surface area (Å²) in [6, 6.07) is 8.43. The monoisotopic (exact) mass is 262 g/mol. The highest BCUT2D eigenvalue weighted by molar-refractivity contribution is 5.27. The summed E-state index contributed by atoms with van der Waals surface area (Å²) in [5.74, 6) is 1.76. The Labute approximate surface area is 116 Å². The van der Waals surface area contributed by atoms with Gasteiger partial charge in [-0.1, -0.05) is 19.1 Å². The smallest absolute Gasteiger partial charge is 0.118 e. The van der Waals surface area contributed by atoms with Crippen molar-refractivity contribution in [3.05, 3.63) is 29.8 Å². The van der Waals surface area contributed by atoms with Gasteiger partial charge < -0.3 is 10.1 Å². The first kappa shape index (κ1) is 14.4. The van der Waals surface area contributed by atoms with Crippen molar-refractivity contribution in [3.8, 4) is 5.75 Å². The van der Waals surface area contributed by atoms with Crippen LogP contribution < -0.4 is 10.1 Å². The van der Waals surface area contributed by atoms with Crippen LogP contribution in [-0.4, -0.2) is 38.2 Å². The second-order valence-electron chi connectivity index (χ2n) is 5.44. The van der Waals surface area contributed by atoms with E-state index in [0.29, 0.717) is 0 Å². The van der Waals surface area contributed by atoms with Gasteiger partial charge in [-0.05, 0) is 56.1 Å². The maximum atomic E-state index is 5.19. The van der Waals surface area contributed by atoms with Crippen molar-refractivity contribution < 1.29 is 4.74 Å². The molecule has 0 aliphatic carbocycles. The Morgan fingerprint density at radius 3 is 2.79 bits per heavy atom. The summed E-state index contributed by atoms with van der Waals surface area (Å²) in [4.78, 5) is 2.56. The van der Waals surface area contributed by atoms with Gasteiger partial charge in [-0.25, -0.2) is 0 Å². The lowest BCUT2D eigenvalue weighted by molar-refractivity contribution is 0.314. The molecule has 1 atom stereocenters. The van der Waals surface area contributed by atoms with Gasteiger partial charge >= 0.3 is 0 Å². The molecule has 0 spiro atoms. The van der Waals surface area contributed by atoms with Gasteiger partial charge in [0.2, 0.25) is 0 Å². The van der Waals surface area contributed by atoms with Crippen molar-refractivity contribution in [3.63, 3.8) is 0 Å². The highest BCUT2D eigenvalue weighted by Crippen LogP contribution is 2.19. The Hall–Kier alpha value is -1.06. The molecule has 1 aromatic rings. The summed E-state index contributed by atoms with van der Waals surface area (Å²) in [6.45, 7) is 8.06. The van der Waals surface area contributed by atoms with E-state index in [4.69, 9.17) is 4.74 Å². The van der Waals surface area contributed by atoms with Crippen LogP contribution in [0.1, 0.15) is 25.3 Å². The molecule has 19 heavy (non-hydrogen) atoms. The number of likely N-dealkylation sites (tertiary alicyclic amines) is 1. The van der Waals surface area contributed by atoms with Crippen LogP contribution >= 0.6 is 0 Å². The van der Waals surface area contributed by atoms with Crippen molar-refractivity contribution in [2.24, 2.45) is 5.92 Å². The minimum atomic E-state index is 0.824. The molecule has 1 aliphatic heterocycles. The average molecular weight is 262 g/mol. The van der Waals surface area contributed by atoms with Gasteiger partial charge in [0, 0.05) is 13.1 Å². The van der Waals surface area contributed by atoms with E-state index in [-0.39, 0.29) is 0 Å². The van der Waals surface area contributed by atoms with Crippen LogP contribution in [0, 0.1) is 5.92 Å². The molecule has 1 fully saturated rings. The molecule has 0 bridgehead atoms. The fraction of sp³-hybridized carbons (Fsp3) is 0.625. The Kier molecular flexibility index (Phi) is 5.67. The quantitative estimate of drug-likeness (QED) is 0.764. The second-order valence-corrected chi connectivity index (χ2v) is 5.44. The van der Waals surface area contributed by atoms with Crippen LogP contribution in [0.2, 0.25) is 0 Å². The van der Waals surface area contributed by atoms with Crippen molar-refractivity contribution in [1.29, 1.82) is 0 Å². The molecule has 0 saturated carbocycles. The SMILES string of the molecule is CCCNCC1CCN(Cc2ccc(OC)cc2)C1. The lowest BCUT2D eigenvalue weighted by atomic mass is 10.1. The third kappa shape index (κ3) is 4.51. The van der Waals surface area contributed by atoms with Crippen LogP contribution in [0.15, 0.2) is 24.3 Å². The number of nitrogens with zero attached hydrogens (tertiary/aromatic N) is 1. The van der Waals surface area contributed by atoms with Crippen LogP contribution in [-0.2, 0) is 6.54 Å². The van der Waals surface area contributed by atoms with E-state index < -0.39 is 0 Å². The summed E-state index contributed by atoms with van der Waals surface area (Å²) in [6.07, 6.45) is 2.55. The van der Waals surface area contributed by atoms with Crippen LogP contribution in [0.4, 0.5) is 0 Å². The van der Waals surface area contributed by atoms with E-state index in [1.807, 2.05) is 12.1 Å². The molecule has 1 N–H and O–H groups in total. The summed E-state index contributed by atoms with van der Waals surface area (Å²) < 4.78 is 5.19. The lowest BCUT2D eigenvalue weighted by Gasteiger charge is -2.16. The Morgan fingerprint density at radius 2 is 2.11 bits per heavy atom. The third-order valence-electron chi connectivity index (χ3n) is 3.79. The summed E-state index contributed by atoms with van der Waals surface area (Å²) in [7, 11) is 1.71. The van der Waals surface area contributed by atoms with Crippen molar-refractivity contribution in [2.45, 2.75) is 26.3 Å². The standard InChI is InChI=1S/C16H26N2O/c1-3-9-17-11-15-8-10-18(13-15)12-14-4-6-16(19-2)7-5-14/h4-7,15,17H,3,8-13H2,1-2H3. The van der Waals surface area contributed by atoms with E-state index in [2.05, 4.69) is 29.3 Å². The highest BCUT2D eigenvalue weighted by Gasteiger charge is 2.21. The Morgan fingerprint density at radius 1 is 1.32 bits per heavy atom. The number of benzene rings is 1. The molecule has 0 aromatic heterocycles. The predicted octanol–water partition coefficient (Wildman–Crippen LogP) is 2.52. The molecule has 1 unspecified atom stereocenters. The first-order valence-electron chi connectivity index (χ1n) is 7.37. The minimum Gasteiger partial charge on any atom is -0.497 e. The van der Waals surface area contributed by atoms with Gasteiger partial charge in [0.25, 0.3) is 0 Å². The average Bonchev–Trinajstić information content (AvgIpc) is 2.88. The van der Waals surface area contributed by atoms with Crippen molar-refractivity contribution >= 4 is 0 Å². The molecular formula is C16H26N2O. The highest BCUT2D eigenvalue weighted by atomic mass is 16.5. The molecule has 3 nitrogen and oxygen atoms in total. The van der Waals surface area contributed by atoms with Crippen LogP contribution in [0.5, 0.6) is 5.75 Å². The molecule has 1 saturated heterocycles. The van der Waals surface area contributed by atoms with E-state index >= 15 is 0 Å². The summed E-state index contributed by atoms with van der Waals surface area (Å²) in [5.41, 5.74) is 1.38. The molecule has 1 heterocycles. The molecular weight excluding hydrogens is 236 g/mol. The third-order valence-corrected chi connectivity index (χ3v) is 3.79. The maximum Gasteiger partial charge on any atom is 0.118 e. The fourth-order valence-electron chi connectivity index (χ4n) is 2.70. The molecule has 1 aliphatic rings. The van der Waals surface area contributed by atoms with Crippen molar-refractivity contribution in [2.75, 3.05) is 33.3 Å². The normalized spacial score (nSPS) is 19.8. The van der Waals surface area contributed by atoms with Gasteiger partial charge in [-0.2, -0.15) is 0 Å². The first-order chi connectivity index (χ1) is 9.31. The number of nitrogens with one attached hydrogen (secondary N) is 1. The zero-order valence-electron chi connectivity index (χ0n) is 12.2. The molecule has 1 aromatic carbocycles. The van der Waals surface area contributed by atoms with Crippen LogP contribution in [0.3, 0.4) is 0 Å². The Balaban J connectivity index is 1.74. The fourth-order valence-corrected chi connectivity index (χ4v) is 2.70.